The second-order valence-electron chi connectivity index (χ2n) is 6.11. The Labute approximate surface area is 137 Å². The summed E-state index contributed by atoms with van der Waals surface area (Å²) in [7, 11) is 3.99. The van der Waals surface area contributed by atoms with Gasteiger partial charge in [-0.15, -0.1) is 0 Å². The van der Waals surface area contributed by atoms with Crippen molar-refractivity contribution in [1.29, 1.82) is 0 Å². The lowest BCUT2D eigenvalue weighted by molar-refractivity contribution is 0.187. The third kappa shape index (κ3) is 4.91. The normalized spacial score (nSPS) is 20.2. The number of β-amino-alcohol motifs (C(OH)–C–C–N with tert-alkyl or cyclic N) is 1. The van der Waals surface area contributed by atoms with Gasteiger partial charge in [-0.25, -0.2) is 4.39 Å². The molecule has 6 heteroatoms. The molecule has 23 heavy (non-hydrogen) atoms. The number of nitrogens with one attached hydrogen (secondary N) is 1. The Hall–Kier alpha value is -1.66. The number of rotatable bonds is 5. The lowest BCUT2D eigenvalue weighted by atomic mass is 10.1. The maximum absolute atomic E-state index is 13.1. The van der Waals surface area contributed by atoms with Crippen LogP contribution in [0.5, 0.6) is 0 Å². The van der Waals surface area contributed by atoms with E-state index >= 15 is 0 Å². The van der Waals surface area contributed by atoms with Crippen LogP contribution < -0.4 is 5.32 Å². The van der Waals surface area contributed by atoms with Gasteiger partial charge in [-0.3, -0.25) is 4.99 Å². The highest BCUT2D eigenvalue weighted by molar-refractivity contribution is 5.80. The van der Waals surface area contributed by atoms with Crippen LogP contribution >= 0.6 is 0 Å². The van der Waals surface area contributed by atoms with E-state index in [2.05, 4.69) is 15.1 Å². The smallest absolute Gasteiger partial charge is 0.194 e. The van der Waals surface area contributed by atoms with Crippen LogP contribution in [-0.4, -0.2) is 67.2 Å². The maximum Gasteiger partial charge on any atom is 0.194 e. The summed E-state index contributed by atoms with van der Waals surface area (Å²) in [6, 6.07) is 6.66. The number of hydrogen-bond donors (Lipinski definition) is 2. The Morgan fingerprint density at radius 1 is 1.43 bits per heavy atom. The first-order chi connectivity index (χ1) is 11.0. The van der Waals surface area contributed by atoms with E-state index in [4.69, 9.17) is 4.99 Å². The zero-order chi connectivity index (χ0) is 16.8. The van der Waals surface area contributed by atoms with Crippen LogP contribution in [0.2, 0.25) is 0 Å². The highest BCUT2D eigenvalue weighted by atomic mass is 19.1. The van der Waals surface area contributed by atoms with E-state index in [9.17, 15) is 9.50 Å². The van der Waals surface area contributed by atoms with E-state index in [0.29, 0.717) is 13.1 Å². The van der Waals surface area contributed by atoms with Gasteiger partial charge >= 0.3 is 0 Å². The molecule has 1 saturated heterocycles. The van der Waals surface area contributed by atoms with Gasteiger partial charge in [-0.1, -0.05) is 12.1 Å². The standard InChI is InChI=1S/C17H27FN4O/c1-4-19-17(22-10-9-15(23)12-22)20-11-16(21(2)3)13-5-7-14(18)8-6-13/h5-8,15-16,23H,4,9-12H2,1-3H3,(H,19,20)/t15-,16?/m1/s1. The van der Waals surface area contributed by atoms with Gasteiger partial charge in [0.15, 0.2) is 5.96 Å². The second-order valence-corrected chi connectivity index (χ2v) is 6.11. The number of aliphatic hydroxyl groups is 1. The van der Waals surface area contributed by atoms with Gasteiger partial charge in [-0.2, -0.15) is 0 Å². The number of aliphatic hydroxyl groups excluding tert-OH is 1. The number of guanidine groups is 1. The fourth-order valence-corrected chi connectivity index (χ4v) is 2.78. The number of aliphatic imine (C=N–C) groups is 1. The van der Waals surface area contributed by atoms with E-state index in [-0.39, 0.29) is 18.0 Å². The molecule has 1 aromatic rings. The number of benzene rings is 1. The zero-order valence-electron chi connectivity index (χ0n) is 14.2. The van der Waals surface area contributed by atoms with Crippen molar-refractivity contribution in [1.82, 2.24) is 15.1 Å². The summed E-state index contributed by atoms with van der Waals surface area (Å²) in [5, 5.41) is 13.0. The number of likely N-dealkylation sites (tertiary alicyclic amines) is 1. The molecule has 0 spiro atoms. The van der Waals surface area contributed by atoms with E-state index < -0.39 is 0 Å². The average Bonchev–Trinajstić information content (AvgIpc) is 2.94. The molecule has 128 valence electrons. The Kier molecular flexibility index (Phi) is 6.36. The van der Waals surface area contributed by atoms with Crippen LogP contribution in [0.15, 0.2) is 29.3 Å². The van der Waals surface area contributed by atoms with Crippen molar-refractivity contribution in [3.05, 3.63) is 35.6 Å². The fraction of sp³-hybridized carbons (Fsp3) is 0.588. The van der Waals surface area contributed by atoms with Gasteiger partial charge in [0.2, 0.25) is 0 Å². The van der Waals surface area contributed by atoms with E-state index in [1.165, 1.54) is 12.1 Å². The van der Waals surface area contributed by atoms with E-state index in [0.717, 1.165) is 31.0 Å². The first-order valence-corrected chi connectivity index (χ1v) is 8.14. The Bertz CT molecular complexity index is 518. The number of hydrogen-bond acceptors (Lipinski definition) is 3. The van der Waals surface area contributed by atoms with Crippen LogP contribution in [-0.2, 0) is 0 Å². The topological polar surface area (TPSA) is 51.1 Å². The minimum Gasteiger partial charge on any atom is -0.391 e. The SMILES string of the molecule is CCNC(=NCC(c1ccc(F)cc1)N(C)C)N1CC[C@@H](O)C1. The van der Waals surface area contributed by atoms with Gasteiger partial charge in [0.05, 0.1) is 18.7 Å². The summed E-state index contributed by atoms with van der Waals surface area (Å²) in [4.78, 5) is 8.91. The fourth-order valence-electron chi connectivity index (χ4n) is 2.78. The molecule has 1 heterocycles. The third-order valence-corrected chi connectivity index (χ3v) is 4.09. The summed E-state index contributed by atoms with van der Waals surface area (Å²) < 4.78 is 13.1. The summed E-state index contributed by atoms with van der Waals surface area (Å²) in [6.45, 7) is 4.83. The van der Waals surface area contributed by atoms with Gasteiger partial charge in [-0.05, 0) is 45.1 Å². The predicted molar refractivity (Wildman–Crippen MR) is 91.0 cm³/mol. The van der Waals surface area contributed by atoms with Gasteiger partial charge in [0.1, 0.15) is 5.82 Å². The van der Waals surface area contributed by atoms with Gasteiger partial charge in [0, 0.05) is 19.6 Å². The van der Waals surface area contributed by atoms with Crippen LogP contribution in [0.4, 0.5) is 4.39 Å². The van der Waals surface area contributed by atoms with Crippen molar-refractivity contribution in [3.8, 4) is 0 Å². The number of halogens is 1. The summed E-state index contributed by atoms with van der Waals surface area (Å²) in [5.41, 5.74) is 1.04. The van der Waals surface area contributed by atoms with Crippen molar-refractivity contribution in [2.24, 2.45) is 4.99 Å². The third-order valence-electron chi connectivity index (χ3n) is 4.09. The van der Waals surface area contributed by atoms with Crippen molar-refractivity contribution in [2.45, 2.75) is 25.5 Å². The van der Waals surface area contributed by atoms with Crippen molar-refractivity contribution < 1.29 is 9.50 Å². The molecule has 2 N–H and O–H groups in total. The number of nitrogens with zero attached hydrogens (tertiary/aromatic N) is 3. The molecule has 5 nitrogen and oxygen atoms in total. The lowest BCUT2D eigenvalue weighted by Crippen LogP contribution is -2.41. The van der Waals surface area contributed by atoms with Gasteiger partial charge < -0.3 is 20.2 Å². The Morgan fingerprint density at radius 2 is 2.13 bits per heavy atom. The zero-order valence-corrected chi connectivity index (χ0v) is 14.2. The molecule has 0 bridgehead atoms. The lowest BCUT2D eigenvalue weighted by Gasteiger charge is -2.25. The molecule has 1 aliphatic heterocycles. The van der Waals surface area contributed by atoms with Crippen molar-refractivity contribution in [2.75, 3.05) is 40.3 Å². The molecule has 1 aromatic carbocycles. The first kappa shape index (κ1) is 17.7. The van der Waals surface area contributed by atoms with Crippen molar-refractivity contribution >= 4 is 5.96 Å². The highest BCUT2D eigenvalue weighted by Crippen LogP contribution is 2.19. The largest absolute Gasteiger partial charge is 0.391 e. The molecule has 1 fully saturated rings. The van der Waals surface area contributed by atoms with Crippen molar-refractivity contribution in [3.63, 3.8) is 0 Å². The molecule has 2 rings (SSSR count). The molecule has 0 saturated carbocycles. The van der Waals surface area contributed by atoms with Crippen LogP contribution in [0.3, 0.4) is 0 Å². The predicted octanol–water partition coefficient (Wildman–Crippen LogP) is 1.46. The molecular weight excluding hydrogens is 295 g/mol. The van der Waals surface area contributed by atoms with Crippen LogP contribution in [0.25, 0.3) is 0 Å². The van der Waals surface area contributed by atoms with E-state index in [1.54, 1.807) is 0 Å². The molecule has 1 unspecified atom stereocenters. The summed E-state index contributed by atoms with van der Waals surface area (Å²) >= 11 is 0. The van der Waals surface area contributed by atoms with E-state index in [1.807, 2.05) is 33.2 Å². The Morgan fingerprint density at radius 3 is 2.65 bits per heavy atom. The summed E-state index contributed by atoms with van der Waals surface area (Å²) in [6.07, 6.45) is 0.500. The summed E-state index contributed by atoms with van der Waals surface area (Å²) in [5.74, 6) is 0.604. The first-order valence-electron chi connectivity index (χ1n) is 8.14. The maximum atomic E-state index is 13.1. The second kappa shape index (κ2) is 8.26. The quantitative estimate of drug-likeness (QED) is 0.637. The van der Waals surface area contributed by atoms with Gasteiger partial charge in [0.25, 0.3) is 0 Å². The molecule has 0 amide bonds. The monoisotopic (exact) mass is 322 g/mol. The number of likely N-dealkylation sites (N-methyl/N-ethyl adjacent to an activating group) is 1. The molecule has 0 radical (unpaired) electrons. The van der Waals surface area contributed by atoms with Crippen LogP contribution in [0.1, 0.15) is 24.9 Å². The minimum absolute atomic E-state index is 0.0804. The highest BCUT2D eigenvalue weighted by Gasteiger charge is 2.23. The Balaban J connectivity index is 2.12. The minimum atomic E-state index is -0.277. The molecule has 2 atom stereocenters. The molecule has 0 aromatic heterocycles. The molecule has 1 aliphatic rings. The molecular formula is C17H27FN4O. The average molecular weight is 322 g/mol. The molecule has 0 aliphatic carbocycles. The van der Waals surface area contributed by atoms with Crippen LogP contribution in [0, 0.1) is 5.82 Å².